The van der Waals surface area contributed by atoms with E-state index in [-0.39, 0.29) is 16.5 Å². The van der Waals surface area contributed by atoms with Crippen molar-refractivity contribution in [2.75, 3.05) is 0 Å². The maximum atomic E-state index is 13.6. The van der Waals surface area contributed by atoms with Gasteiger partial charge in [0.2, 0.25) is 0 Å². The fourth-order valence-corrected chi connectivity index (χ4v) is 1.67. The number of benzene rings is 1. The maximum Gasteiger partial charge on any atom is 0.326 e. The number of hydrogen-bond donors (Lipinski definition) is 2. The van der Waals surface area contributed by atoms with Crippen LogP contribution in [0.2, 0.25) is 0 Å². The molecule has 0 aromatic heterocycles. The summed E-state index contributed by atoms with van der Waals surface area (Å²) in [6, 6.07) is 3.10. The van der Waals surface area contributed by atoms with Crippen LogP contribution in [0.25, 0.3) is 0 Å². The molecule has 96 valence electrons. The van der Waals surface area contributed by atoms with Gasteiger partial charge in [-0.3, -0.25) is 4.79 Å². The molecule has 2 N–H and O–H groups in total. The molecule has 0 bridgehead atoms. The molecule has 0 aliphatic heterocycles. The lowest BCUT2D eigenvalue weighted by atomic mass is 10.1. The molecule has 18 heavy (non-hydrogen) atoms. The molecule has 0 saturated carbocycles. The summed E-state index contributed by atoms with van der Waals surface area (Å²) in [7, 11) is 0. The Bertz CT molecular complexity index is 490. The van der Waals surface area contributed by atoms with Gasteiger partial charge in [-0.05, 0) is 34.5 Å². The van der Waals surface area contributed by atoms with E-state index in [2.05, 4.69) is 27.8 Å². The van der Waals surface area contributed by atoms with Crippen molar-refractivity contribution in [3.05, 3.63) is 46.7 Å². The van der Waals surface area contributed by atoms with Gasteiger partial charge in [-0.25, -0.2) is 9.18 Å². The van der Waals surface area contributed by atoms with Crippen LogP contribution in [0.1, 0.15) is 16.8 Å². The molecule has 0 radical (unpaired) electrons. The van der Waals surface area contributed by atoms with Crippen LogP contribution < -0.4 is 5.32 Å². The van der Waals surface area contributed by atoms with Gasteiger partial charge in [-0.15, -0.1) is 6.58 Å². The van der Waals surface area contributed by atoms with Gasteiger partial charge in [0, 0.05) is 0 Å². The molecular weight excluding hydrogens is 305 g/mol. The molecule has 1 amide bonds. The lowest BCUT2D eigenvalue weighted by Crippen LogP contribution is -2.40. The van der Waals surface area contributed by atoms with Crippen LogP contribution in [0.4, 0.5) is 4.39 Å². The fourth-order valence-electron chi connectivity index (χ4n) is 1.30. The molecule has 1 atom stereocenters. The second kappa shape index (κ2) is 6.30. The molecule has 0 spiro atoms. The highest BCUT2D eigenvalue weighted by Crippen LogP contribution is 2.18. The van der Waals surface area contributed by atoms with E-state index in [0.717, 1.165) is 0 Å². The number of carboxylic acid groups (broad SMARTS) is 1. The predicted octanol–water partition coefficient (Wildman–Crippen LogP) is 2.35. The number of carbonyl (C=O) groups excluding carboxylic acids is 1. The first kappa shape index (κ1) is 14.4. The van der Waals surface area contributed by atoms with E-state index in [1.165, 1.54) is 24.3 Å². The Morgan fingerprint density at radius 1 is 1.56 bits per heavy atom. The van der Waals surface area contributed by atoms with Gasteiger partial charge >= 0.3 is 5.97 Å². The first-order valence-corrected chi connectivity index (χ1v) is 5.85. The molecule has 4 nitrogen and oxygen atoms in total. The Balaban J connectivity index is 2.90. The van der Waals surface area contributed by atoms with Gasteiger partial charge in [0.15, 0.2) is 0 Å². The minimum absolute atomic E-state index is 0.0662. The monoisotopic (exact) mass is 315 g/mol. The highest BCUT2D eigenvalue weighted by molar-refractivity contribution is 9.10. The second-order valence-electron chi connectivity index (χ2n) is 3.49. The number of halogens is 2. The Morgan fingerprint density at radius 3 is 2.78 bits per heavy atom. The van der Waals surface area contributed by atoms with E-state index in [1.54, 1.807) is 0 Å². The summed E-state index contributed by atoms with van der Waals surface area (Å²) in [5.74, 6) is -2.69. The molecule has 1 aromatic carbocycles. The topological polar surface area (TPSA) is 66.4 Å². The van der Waals surface area contributed by atoms with Gasteiger partial charge in [0.05, 0.1) is 10.0 Å². The molecule has 0 heterocycles. The third kappa shape index (κ3) is 3.40. The molecule has 1 unspecified atom stereocenters. The van der Waals surface area contributed by atoms with Crippen LogP contribution in [-0.2, 0) is 4.79 Å². The van der Waals surface area contributed by atoms with Crippen LogP contribution in [0.3, 0.4) is 0 Å². The van der Waals surface area contributed by atoms with Gasteiger partial charge in [0.1, 0.15) is 11.9 Å². The number of aliphatic carboxylic acids is 1. The summed E-state index contributed by atoms with van der Waals surface area (Å²) in [6.45, 7) is 3.40. The average molecular weight is 316 g/mol. The van der Waals surface area contributed by atoms with Gasteiger partial charge in [0.25, 0.3) is 5.91 Å². The normalized spacial score (nSPS) is 11.7. The first-order valence-electron chi connectivity index (χ1n) is 5.06. The summed E-state index contributed by atoms with van der Waals surface area (Å²) >= 11 is 2.95. The van der Waals surface area contributed by atoms with E-state index in [1.807, 2.05) is 0 Å². The van der Waals surface area contributed by atoms with Crippen molar-refractivity contribution in [3.8, 4) is 0 Å². The largest absolute Gasteiger partial charge is 0.480 e. The van der Waals surface area contributed by atoms with E-state index in [4.69, 9.17) is 5.11 Å². The third-order valence-electron chi connectivity index (χ3n) is 2.20. The molecule has 0 saturated heterocycles. The zero-order chi connectivity index (χ0) is 13.7. The summed E-state index contributed by atoms with van der Waals surface area (Å²) in [4.78, 5) is 22.6. The molecule has 1 aromatic rings. The summed E-state index contributed by atoms with van der Waals surface area (Å²) < 4.78 is 13.8. The van der Waals surface area contributed by atoms with Crippen molar-refractivity contribution < 1.29 is 19.1 Å². The van der Waals surface area contributed by atoms with Gasteiger partial charge in [-0.1, -0.05) is 12.1 Å². The summed E-state index contributed by atoms with van der Waals surface area (Å²) in [5.41, 5.74) is -0.209. The zero-order valence-electron chi connectivity index (χ0n) is 9.32. The minimum Gasteiger partial charge on any atom is -0.480 e. The van der Waals surface area contributed by atoms with E-state index >= 15 is 0 Å². The number of carboxylic acids is 1. The van der Waals surface area contributed by atoms with Crippen LogP contribution in [-0.4, -0.2) is 23.0 Å². The lowest BCUT2D eigenvalue weighted by molar-refractivity contribution is -0.139. The van der Waals surface area contributed by atoms with Crippen molar-refractivity contribution in [2.45, 2.75) is 12.5 Å². The Kier molecular flexibility index (Phi) is 5.03. The standard InChI is InChI=1S/C12H11BrFNO3/c1-2-4-9(12(17)18)15-11(16)7-5-3-6-8(13)10(7)14/h2-3,5-6,9H,1,4H2,(H,15,16)(H,17,18). The highest BCUT2D eigenvalue weighted by Gasteiger charge is 2.21. The number of nitrogens with one attached hydrogen (secondary N) is 1. The van der Waals surface area contributed by atoms with E-state index in [9.17, 15) is 14.0 Å². The maximum absolute atomic E-state index is 13.6. The Hall–Kier alpha value is -1.69. The van der Waals surface area contributed by atoms with Crippen molar-refractivity contribution in [1.29, 1.82) is 0 Å². The molecule has 0 aliphatic rings. The quantitative estimate of drug-likeness (QED) is 0.820. The van der Waals surface area contributed by atoms with E-state index in [0.29, 0.717) is 0 Å². The van der Waals surface area contributed by atoms with Crippen molar-refractivity contribution in [1.82, 2.24) is 5.32 Å². The molecule has 0 aliphatic carbocycles. The van der Waals surface area contributed by atoms with Crippen LogP contribution in [0, 0.1) is 5.82 Å². The van der Waals surface area contributed by atoms with Gasteiger partial charge in [-0.2, -0.15) is 0 Å². The van der Waals surface area contributed by atoms with Crippen LogP contribution in [0.5, 0.6) is 0 Å². The van der Waals surface area contributed by atoms with Crippen molar-refractivity contribution in [3.63, 3.8) is 0 Å². The summed E-state index contributed by atoms with van der Waals surface area (Å²) in [6.07, 6.45) is 1.44. The lowest BCUT2D eigenvalue weighted by Gasteiger charge is -2.13. The Morgan fingerprint density at radius 2 is 2.22 bits per heavy atom. The number of hydrogen-bond acceptors (Lipinski definition) is 2. The zero-order valence-corrected chi connectivity index (χ0v) is 10.9. The highest BCUT2D eigenvalue weighted by atomic mass is 79.9. The van der Waals surface area contributed by atoms with Crippen molar-refractivity contribution in [2.24, 2.45) is 0 Å². The van der Waals surface area contributed by atoms with Crippen LogP contribution >= 0.6 is 15.9 Å². The number of rotatable bonds is 5. The van der Waals surface area contributed by atoms with Crippen molar-refractivity contribution >= 4 is 27.8 Å². The first-order chi connectivity index (χ1) is 8.47. The minimum atomic E-state index is -1.20. The molecular formula is C12H11BrFNO3. The molecule has 0 fully saturated rings. The third-order valence-corrected chi connectivity index (χ3v) is 2.81. The predicted molar refractivity (Wildman–Crippen MR) is 67.8 cm³/mol. The summed E-state index contributed by atoms with van der Waals surface area (Å²) in [5, 5.41) is 11.1. The Labute approximate surface area is 112 Å². The average Bonchev–Trinajstić information content (AvgIpc) is 2.31. The second-order valence-corrected chi connectivity index (χ2v) is 4.34. The van der Waals surface area contributed by atoms with Gasteiger partial charge < -0.3 is 10.4 Å². The fraction of sp³-hybridized carbons (Fsp3) is 0.167. The van der Waals surface area contributed by atoms with Crippen LogP contribution in [0.15, 0.2) is 35.3 Å². The molecule has 6 heteroatoms. The van der Waals surface area contributed by atoms with E-state index < -0.39 is 23.7 Å². The molecule has 1 rings (SSSR count). The SMILES string of the molecule is C=CCC(NC(=O)c1cccc(Br)c1F)C(=O)O. The number of amides is 1. The number of carbonyl (C=O) groups is 2. The smallest absolute Gasteiger partial charge is 0.326 e.